The van der Waals surface area contributed by atoms with Gasteiger partial charge in [0.05, 0.1) is 0 Å². The Balaban J connectivity index is 0.956. The zero-order chi connectivity index (χ0) is 57.9. The summed E-state index contributed by atoms with van der Waals surface area (Å²) >= 11 is 0. The van der Waals surface area contributed by atoms with Gasteiger partial charge in [0.25, 0.3) is 0 Å². The second kappa shape index (κ2) is 23.6. The van der Waals surface area contributed by atoms with Crippen LogP contribution in [0.4, 0.5) is 45.5 Å². The first-order valence-electron chi connectivity index (χ1n) is 30.4. The highest BCUT2D eigenvalue weighted by molar-refractivity contribution is 6.25. The first-order chi connectivity index (χ1) is 43.2. The fourth-order valence-electron chi connectivity index (χ4n) is 13.3. The number of aryl methyl sites for hydroxylation is 1. The Bertz CT molecular complexity index is 4580. The molecule has 0 heterocycles. The predicted molar refractivity (Wildman–Crippen MR) is 370 cm³/mol. The number of para-hydroxylation sites is 5. The lowest BCUT2D eigenvalue weighted by Crippen LogP contribution is -2.16. The highest BCUT2D eigenvalue weighted by atomic mass is 15.2. The van der Waals surface area contributed by atoms with E-state index in [1.165, 1.54) is 88.4 Å². The molecule has 0 unspecified atom stereocenters. The van der Waals surface area contributed by atoms with E-state index in [1.807, 2.05) is 0 Å². The van der Waals surface area contributed by atoms with Crippen LogP contribution in [0.2, 0.25) is 0 Å². The molecular formula is C84H63N3. The molecule has 13 aromatic rings. The van der Waals surface area contributed by atoms with Crippen molar-refractivity contribution in [3.63, 3.8) is 0 Å². The zero-order valence-corrected chi connectivity index (χ0v) is 48.4. The summed E-state index contributed by atoms with van der Waals surface area (Å²) in [5, 5.41) is 5.06. The highest BCUT2D eigenvalue weighted by Gasteiger charge is 2.27. The summed E-state index contributed by atoms with van der Waals surface area (Å²) < 4.78 is 0. The molecule has 0 atom stereocenters. The SMILES string of the molecule is C1=CC(N(c2ccccc2)c2ccc(C3=Cc4c(c5c(-c6ccccc6)cc(-c6ccccc6)c(-c6ccc(N(c7ccccc7)c7ccccc7)cc6)c5c5ccc(-c6ccc(N(c7ccccc7)c7ccccc7)cc6)cc45)CC3)cc2)=CCC1. The molecule has 0 aliphatic heterocycles. The van der Waals surface area contributed by atoms with Gasteiger partial charge >= 0.3 is 0 Å². The molecule has 0 amide bonds. The number of fused-ring (bicyclic) bond motifs is 6. The van der Waals surface area contributed by atoms with E-state index in [9.17, 15) is 0 Å². The van der Waals surface area contributed by atoms with E-state index in [0.29, 0.717) is 0 Å². The minimum Gasteiger partial charge on any atom is -0.311 e. The third-order valence-electron chi connectivity index (χ3n) is 17.3. The smallest absolute Gasteiger partial charge is 0.0462 e. The van der Waals surface area contributed by atoms with Gasteiger partial charge in [0, 0.05) is 51.2 Å². The summed E-state index contributed by atoms with van der Waals surface area (Å²) in [6, 6.07) is 113. The van der Waals surface area contributed by atoms with Crippen LogP contribution < -0.4 is 14.7 Å². The number of rotatable bonds is 14. The Morgan fingerprint density at radius 3 is 1.17 bits per heavy atom. The summed E-state index contributed by atoms with van der Waals surface area (Å²) in [7, 11) is 0. The molecule has 0 aromatic heterocycles. The van der Waals surface area contributed by atoms with Crippen LogP contribution in [0.25, 0.3) is 77.7 Å². The van der Waals surface area contributed by atoms with Gasteiger partial charge in [0.15, 0.2) is 0 Å². The highest BCUT2D eigenvalue weighted by Crippen LogP contribution is 2.52. The number of hydrogen-bond acceptors (Lipinski definition) is 3. The van der Waals surface area contributed by atoms with Crippen LogP contribution in [0, 0.1) is 0 Å². The van der Waals surface area contributed by atoms with Gasteiger partial charge in [-0.25, -0.2) is 0 Å². The topological polar surface area (TPSA) is 9.72 Å². The van der Waals surface area contributed by atoms with Gasteiger partial charge in [-0.1, -0.05) is 218 Å². The van der Waals surface area contributed by atoms with E-state index in [4.69, 9.17) is 0 Å². The Kier molecular flexibility index (Phi) is 14.3. The van der Waals surface area contributed by atoms with Gasteiger partial charge in [-0.05, 0) is 229 Å². The Morgan fingerprint density at radius 1 is 0.276 bits per heavy atom. The fraction of sp³-hybridized carbons (Fsp3) is 0.0476. The van der Waals surface area contributed by atoms with Gasteiger partial charge in [0.1, 0.15) is 0 Å². The predicted octanol–water partition coefficient (Wildman–Crippen LogP) is 23.5. The Hall–Kier alpha value is -11.0. The molecule has 0 saturated carbocycles. The van der Waals surface area contributed by atoms with Crippen molar-refractivity contribution in [3.8, 4) is 44.5 Å². The van der Waals surface area contributed by atoms with Crippen LogP contribution in [0.5, 0.6) is 0 Å². The van der Waals surface area contributed by atoms with Crippen LogP contribution in [0.1, 0.15) is 36.0 Å². The van der Waals surface area contributed by atoms with Crippen molar-refractivity contribution in [2.75, 3.05) is 14.7 Å². The van der Waals surface area contributed by atoms with Crippen molar-refractivity contribution < 1.29 is 0 Å². The van der Waals surface area contributed by atoms with Gasteiger partial charge in [-0.2, -0.15) is 0 Å². The molecule has 3 nitrogen and oxygen atoms in total. The third kappa shape index (κ3) is 10.3. The first kappa shape index (κ1) is 52.8. The van der Waals surface area contributed by atoms with Crippen LogP contribution in [0.15, 0.2) is 333 Å². The molecule has 0 N–H and O–H groups in total. The van der Waals surface area contributed by atoms with Crippen molar-refractivity contribution in [3.05, 3.63) is 350 Å². The molecule has 0 bridgehead atoms. The standard InChI is InChI=1S/C84H63N3/c1-9-25-62(26-10-1)78-59-79(63-27-11-2-12-28-63)83-76-55-47-65(60-41-49-73(50-42-60)85(67-29-13-3-14-30-67)68-31-15-4-16-32-68)57-80(76)81-58-66(61-43-51-74(52-44-61)86(69-33-17-5-18-34-69)70-35-19-6-20-36-70)48-56-77(81)84(83)82(78)64-45-53-75(54-46-64)87(71-37-21-7-22-38-71)72-39-23-8-24-40-72/h1-3,5-15,17-46,48-54,56-59H,4,16,47,55H2. The molecule has 15 rings (SSSR count). The molecule has 87 heavy (non-hydrogen) atoms. The molecule has 0 radical (unpaired) electrons. The largest absolute Gasteiger partial charge is 0.311 e. The van der Waals surface area contributed by atoms with Crippen molar-refractivity contribution in [1.29, 1.82) is 0 Å². The first-order valence-corrected chi connectivity index (χ1v) is 30.4. The van der Waals surface area contributed by atoms with Gasteiger partial charge in [-0.15, -0.1) is 0 Å². The van der Waals surface area contributed by atoms with Gasteiger partial charge in [-0.3, -0.25) is 0 Å². The van der Waals surface area contributed by atoms with Crippen molar-refractivity contribution in [2.45, 2.75) is 25.7 Å². The molecule has 0 spiro atoms. The summed E-state index contributed by atoms with van der Waals surface area (Å²) in [5.41, 5.74) is 25.0. The van der Waals surface area contributed by atoms with E-state index in [1.54, 1.807) is 0 Å². The molecule has 13 aromatic carbocycles. The molecule has 2 aliphatic carbocycles. The molecule has 2 aliphatic rings. The number of anilines is 8. The monoisotopic (exact) mass is 1110 g/mol. The van der Waals surface area contributed by atoms with E-state index in [-0.39, 0.29) is 0 Å². The quantitative estimate of drug-likeness (QED) is 0.101. The third-order valence-corrected chi connectivity index (χ3v) is 17.3. The second-order valence-corrected chi connectivity index (χ2v) is 22.6. The van der Waals surface area contributed by atoms with Crippen molar-refractivity contribution in [2.24, 2.45) is 0 Å². The summed E-state index contributed by atoms with van der Waals surface area (Å²) in [5.74, 6) is 0. The van der Waals surface area contributed by atoms with Crippen molar-refractivity contribution >= 4 is 78.7 Å². The summed E-state index contributed by atoms with van der Waals surface area (Å²) in [4.78, 5) is 7.07. The second-order valence-electron chi connectivity index (χ2n) is 22.6. The average Bonchev–Trinajstić information content (AvgIpc) is 0.903. The number of nitrogens with zero attached hydrogens (tertiary/aromatic N) is 3. The van der Waals surface area contributed by atoms with E-state index >= 15 is 0 Å². The van der Waals surface area contributed by atoms with Crippen LogP contribution >= 0.6 is 0 Å². The van der Waals surface area contributed by atoms with Gasteiger partial charge in [0.2, 0.25) is 0 Å². The summed E-state index contributed by atoms with van der Waals surface area (Å²) in [6.45, 7) is 0. The summed E-state index contributed by atoms with van der Waals surface area (Å²) in [6.07, 6.45) is 13.3. The molecule has 0 saturated heterocycles. The maximum Gasteiger partial charge on any atom is 0.0462 e. The Labute approximate surface area is 510 Å². The van der Waals surface area contributed by atoms with Crippen molar-refractivity contribution in [1.82, 2.24) is 0 Å². The van der Waals surface area contributed by atoms with Gasteiger partial charge < -0.3 is 14.7 Å². The average molecular weight is 1110 g/mol. The van der Waals surface area contributed by atoms with E-state index in [0.717, 1.165) is 76.7 Å². The zero-order valence-electron chi connectivity index (χ0n) is 48.4. The molecule has 3 heteroatoms. The molecule has 414 valence electrons. The van der Waals surface area contributed by atoms with Crippen LogP contribution in [-0.2, 0) is 6.42 Å². The maximum atomic E-state index is 2.54. The molecular weight excluding hydrogens is 1050 g/mol. The maximum absolute atomic E-state index is 2.54. The normalized spacial score (nSPS) is 12.7. The Morgan fingerprint density at radius 2 is 0.690 bits per heavy atom. The van der Waals surface area contributed by atoms with E-state index in [2.05, 4.69) is 348 Å². The number of allylic oxidation sites excluding steroid dienone is 4. The molecule has 0 fully saturated rings. The van der Waals surface area contributed by atoms with Crippen LogP contribution in [-0.4, -0.2) is 0 Å². The van der Waals surface area contributed by atoms with Crippen LogP contribution in [0.3, 0.4) is 0 Å². The lowest BCUT2D eigenvalue weighted by Gasteiger charge is -2.28. The number of benzene rings is 13. The number of hydrogen-bond donors (Lipinski definition) is 0. The van der Waals surface area contributed by atoms with E-state index < -0.39 is 0 Å². The lowest BCUT2D eigenvalue weighted by atomic mass is 9.76. The minimum absolute atomic E-state index is 0.878. The minimum atomic E-state index is 0.878. The fourth-order valence-corrected chi connectivity index (χ4v) is 13.3. The lowest BCUT2D eigenvalue weighted by molar-refractivity contribution is 0.997.